The molecule has 1 aromatic rings. The van der Waals surface area contributed by atoms with E-state index >= 15 is 0 Å². The highest BCUT2D eigenvalue weighted by atomic mass is 16.6. The Morgan fingerprint density at radius 3 is 2.61 bits per heavy atom. The summed E-state index contributed by atoms with van der Waals surface area (Å²) in [5, 5.41) is 2.58. The van der Waals surface area contributed by atoms with Gasteiger partial charge in [-0.05, 0) is 12.5 Å². The van der Waals surface area contributed by atoms with Gasteiger partial charge < -0.3 is 14.8 Å². The van der Waals surface area contributed by atoms with Crippen LogP contribution in [-0.4, -0.2) is 25.2 Å². The Bertz CT molecular complexity index is 446. The van der Waals surface area contributed by atoms with Crippen LogP contribution < -0.4 is 5.32 Å². The molecule has 0 aliphatic carbocycles. The fourth-order valence-electron chi connectivity index (χ4n) is 2.14. The molecule has 2 rings (SSSR count). The van der Waals surface area contributed by atoms with E-state index in [0.717, 1.165) is 5.56 Å². The van der Waals surface area contributed by atoms with Gasteiger partial charge in [0.2, 0.25) is 0 Å². The largest absolute Gasteiger partial charge is 0.469 e. The summed E-state index contributed by atoms with van der Waals surface area (Å²) >= 11 is 0. The number of carbonyl (C=O) groups is 2. The fraction of sp³-hybridized carbons (Fsp3) is 0.385. The number of esters is 1. The van der Waals surface area contributed by atoms with Crippen LogP contribution in [0.2, 0.25) is 0 Å². The minimum Gasteiger partial charge on any atom is -0.469 e. The standard InChI is InChI=1S/C13H15NO4/c1-8-10(12(15)17-2)11(18-13(16)14-8)9-6-4-3-5-7-9/h3-8,10-11H,1-2H3,(H,14,16). The van der Waals surface area contributed by atoms with Gasteiger partial charge in [-0.15, -0.1) is 0 Å². The lowest BCUT2D eigenvalue weighted by Crippen LogP contribution is -2.50. The number of ether oxygens (including phenoxy) is 2. The maximum absolute atomic E-state index is 11.8. The Hall–Kier alpha value is -2.04. The van der Waals surface area contributed by atoms with Crippen molar-refractivity contribution in [3.05, 3.63) is 35.9 Å². The molecule has 0 bridgehead atoms. The number of carbonyl (C=O) groups excluding carboxylic acids is 2. The number of hydrogen-bond acceptors (Lipinski definition) is 4. The Balaban J connectivity index is 2.33. The molecule has 96 valence electrons. The molecule has 18 heavy (non-hydrogen) atoms. The second kappa shape index (κ2) is 5.08. The normalized spacial score (nSPS) is 27.0. The van der Waals surface area contributed by atoms with Crippen LogP contribution in [0.25, 0.3) is 0 Å². The Morgan fingerprint density at radius 2 is 2.00 bits per heavy atom. The van der Waals surface area contributed by atoms with E-state index in [2.05, 4.69) is 5.32 Å². The second-order valence-electron chi connectivity index (χ2n) is 4.22. The zero-order valence-corrected chi connectivity index (χ0v) is 10.3. The van der Waals surface area contributed by atoms with Gasteiger partial charge in [0.25, 0.3) is 0 Å². The van der Waals surface area contributed by atoms with Crippen LogP contribution in [-0.2, 0) is 14.3 Å². The first-order valence-electron chi connectivity index (χ1n) is 5.73. The van der Waals surface area contributed by atoms with Crippen LogP contribution in [0.5, 0.6) is 0 Å². The number of amides is 1. The molecule has 1 heterocycles. The summed E-state index contributed by atoms with van der Waals surface area (Å²) in [6.45, 7) is 1.76. The van der Waals surface area contributed by atoms with Crippen molar-refractivity contribution < 1.29 is 19.1 Å². The van der Waals surface area contributed by atoms with Crippen molar-refractivity contribution in [2.24, 2.45) is 5.92 Å². The van der Waals surface area contributed by atoms with Gasteiger partial charge in [0.1, 0.15) is 12.0 Å². The Labute approximate surface area is 105 Å². The lowest BCUT2D eigenvalue weighted by atomic mass is 9.89. The van der Waals surface area contributed by atoms with Gasteiger partial charge in [-0.3, -0.25) is 4.79 Å². The van der Waals surface area contributed by atoms with Gasteiger partial charge in [-0.1, -0.05) is 30.3 Å². The van der Waals surface area contributed by atoms with E-state index < -0.39 is 24.1 Å². The van der Waals surface area contributed by atoms with E-state index in [0.29, 0.717) is 0 Å². The van der Waals surface area contributed by atoms with Gasteiger partial charge in [0.15, 0.2) is 0 Å². The first-order valence-corrected chi connectivity index (χ1v) is 5.73. The van der Waals surface area contributed by atoms with Gasteiger partial charge in [-0.2, -0.15) is 0 Å². The maximum atomic E-state index is 11.8. The summed E-state index contributed by atoms with van der Waals surface area (Å²) in [7, 11) is 1.33. The first kappa shape index (κ1) is 12.4. The predicted octanol–water partition coefficient (Wildman–Crippen LogP) is 1.65. The molecule has 0 saturated carbocycles. The van der Waals surface area contributed by atoms with Crippen molar-refractivity contribution in [3.63, 3.8) is 0 Å². The van der Waals surface area contributed by atoms with Crippen LogP contribution in [0.3, 0.4) is 0 Å². The number of rotatable bonds is 2. The summed E-state index contributed by atoms with van der Waals surface area (Å²) in [6.07, 6.45) is -1.13. The van der Waals surface area contributed by atoms with Crippen molar-refractivity contribution in [2.75, 3.05) is 7.11 Å². The zero-order chi connectivity index (χ0) is 13.1. The third-order valence-corrected chi connectivity index (χ3v) is 3.05. The number of cyclic esters (lactones) is 1. The van der Waals surface area contributed by atoms with E-state index in [9.17, 15) is 9.59 Å². The van der Waals surface area contributed by atoms with Crippen molar-refractivity contribution in [3.8, 4) is 0 Å². The molecule has 1 aliphatic heterocycles. The van der Waals surface area contributed by atoms with Crippen molar-refractivity contribution in [1.29, 1.82) is 0 Å². The Morgan fingerprint density at radius 1 is 1.33 bits per heavy atom. The molecule has 1 fully saturated rings. The molecule has 1 amide bonds. The number of benzene rings is 1. The third kappa shape index (κ3) is 2.30. The molecule has 1 N–H and O–H groups in total. The van der Waals surface area contributed by atoms with Crippen molar-refractivity contribution >= 4 is 12.1 Å². The quantitative estimate of drug-likeness (QED) is 0.809. The lowest BCUT2D eigenvalue weighted by Gasteiger charge is -2.34. The summed E-state index contributed by atoms with van der Waals surface area (Å²) < 4.78 is 10.0. The van der Waals surface area contributed by atoms with Gasteiger partial charge >= 0.3 is 12.1 Å². The molecule has 5 nitrogen and oxygen atoms in total. The highest BCUT2D eigenvalue weighted by Crippen LogP contribution is 2.32. The monoisotopic (exact) mass is 249 g/mol. The predicted molar refractivity (Wildman–Crippen MR) is 63.8 cm³/mol. The SMILES string of the molecule is COC(=O)C1C(C)NC(=O)OC1c1ccccc1. The van der Waals surface area contributed by atoms with Gasteiger partial charge in [0.05, 0.1) is 7.11 Å². The van der Waals surface area contributed by atoms with Crippen molar-refractivity contribution in [2.45, 2.75) is 19.1 Å². The van der Waals surface area contributed by atoms with Crippen LogP contribution in [0, 0.1) is 5.92 Å². The molecule has 1 saturated heterocycles. The first-order chi connectivity index (χ1) is 8.63. The molecule has 1 aromatic carbocycles. The van der Waals surface area contributed by atoms with E-state index in [4.69, 9.17) is 9.47 Å². The van der Waals surface area contributed by atoms with Crippen molar-refractivity contribution in [1.82, 2.24) is 5.32 Å². The topological polar surface area (TPSA) is 64.6 Å². The molecular weight excluding hydrogens is 234 g/mol. The molecule has 5 heteroatoms. The highest BCUT2D eigenvalue weighted by Gasteiger charge is 2.42. The zero-order valence-electron chi connectivity index (χ0n) is 10.3. The molecule has 3 atom stereocenters. The van der Waals surface area contributed by atoms with E-state index in [-0.39, 0.29) is 6.04 Å². The average Bonchev–Trinajstić information content (AvgIpc) is 2.38. The maximum Gasteiger partial charge on any atom is 0.408 e. The van der Waals surface area contributed by atoms with Gasteiger partial charge in [0, 0.05) is 6.04 Å². The summed E-state index contributed by atoms with van der Waals surface area (Å²) in [5.41, 5.74) is 0.787. The third-order valence-electron chi connectivity index (χ3n) is 3.05. The number of nitrogens with one attached hydrogen (secondary N) is 1. The summed E-state index contributed by atoms with van der Waals surface area (Å²) in [4.78, 5) is 23.2. The van der Waals surface area contributed by atoms with Crippen LogP contribution in [0.15, 0.2) is 30.3 Å². The molecular formula is C13H15NO4. The van der Waals surface area contributed by atoms with Crippen LogP contribution in [0.1, 0.15) is 18.6 Å². The molecule has 0 aromatic heterocycles. The minimum atomic E-state index is -0.609. The van der Waals surface area contributed by atoms with E-state index in [1.807, 2.05) is 30.3 Å². The smallest absolute Gasteiger partial charge is 0.408 e. The average molecular weight is 249 g/mol. The summed E-state index contributed by atoms with van der Waals surface area (Å²) in [5.74, 6) is -0.938. The fourth-order valence-corrected chi connectivity index (χ4v) is 2.14. The minimum absolute atomic E-state index is 0.330. The molecule has 1 aliphatic rings. The lowest BCUT2D eigenvalue weighted by molar-refractivity contribution is -0.152. The number of hydrogen-bond donors (Lipinski definition) is 1. The van der Waals surface area contributed by atoms with E-state index in [1.54, 1.807) is 6.92 Å². The molecule has 3 unspecified atom stereocenters. The van der Waals surface area contributed by atoms with Crippen LogP contribution in [0.4, 0.5) is 4.79 Å². The number of alkyl carbamates (subject to hydrolysis) is 1. The number of methoxy groups -OCH3 is 1. The van der Waals surface area contributed by atoms with E-state index in [1.165, 1.54) is 7.11 Å². The summed E-state index contributed by atoms with van der Waals surface area (Å²) in [6, 6.07) is 8.86. The van der Waals surface area contributed by atoms with Crippen LogP contribution >= 0.6 is 0 Å². The molecule has 0 spiro atoms. The van der Waals surface area contributed by atoms with Gasteiger partial charge in [-0.25, -0.2) is 4.79 Å². The Kier molecular flexibility index (Phi) is 3.50. The highest BCUT2D eigenvalue weighted by molar-refractivity contribution is 5.78. The molecule has 0 radical (unpaired) electrons. The second-order valence-corrected chi connectivity index (χ2v) is 4.22.